The van der Waals surface area contributed by atoms with Gasteiger partial charge in [-0.15, -0.1) is 0 Å². The molecular formula is C20H22N2O4. The molecule has 1 aliphatic heterocycles. The van der Waals surface area contributed by atoms with Crippen LogP contribution in [-0.2, 0) is 22.6 Å². The summed E-state index contributed by atoms with van der Waals surface area (Å²) in [5, 5.41) is 0. The predicted molar refractivity (Wildman–Crippen MR) is 95.7 cm³/mol. The van der Waals surface area contributed by atoms with Crippen LogP contribution < -0.4 is 0 Å². The van der Waals surface area contributed by atoms with Crippen molar-refractivity contribution in [3.63, 3.8) is 0 Å². The van der Waals surface area contributed by atoms with Crippen molar-refractivity contribution in [2.24, 2.45) is 0 Å². The highest BCUT2D eigenvalue weighted by Gasteiger charge is 2.35. The van der Waals surface area contributed by atoms with E-state index in [9.17, 15) is 14.4 Å². The number of benzene rings is 1. The van der Waals surface area contributed by atoms with Crippen LogP contribution in [0.15, 0.2) is 36.4 Å². The zero-order valence-corrected chi connectivity index (χ0v) is 15.0. The standard InChI is InChI=1S/C20H22N2O4/c1-3-26-18(23)9-6-12-21-14(2)10-11-15(21)13-22-19(24)16-7-4-5-8-17(16)20(22)25/h4-5,7-8,10-11H,3,6,9,12-13H2,1-2H3. The molecule has 0 unspecified atom stereocenters. The van der Waals surface area contributed by atoms with Crippen molar-refractivity contribution in [2.75, 3.05) is 6.61 Å². The van der Waals surface area contributed by atoms with Gasteiger partial charge >= 0.3 is 5.97 Å². The van der Waals surface area contributed by atoms with Gasteiger partial charge in [0.05, 0.1) is 24.3 Å². The first kappa shape index (κ1) is 17.9. The Morgan fingerprint density at radius 1 is 1.04 bits per heavy atom. The molecule has 2 amide bonds. The molecule has 3 rings (SSSR count). The van der Waals surface area contributed by atoms with E-state index in [4.69, 9.17) is 4.74 Å². The van der Waals surface area contributed by atoms with Gasteiger partial charge < -0.3 is 9.30 Å². The van der Waals surface area contributed by atoms with E-state index in [1.165, 1.54) is 4.90 Å². The van der Waals surface area contributed by atoms with E-state index in [1.54, 1.807) is 31.2 Å². The van der Waals surface area contributed by atoms with Crippen LogP contribution in [-0.4, -0.2) is 33.9 Å². The number of esters is 1. The molecule has 0 radical (unpaired) electrons. The van der Waals surface area contributed by atoms with E-state index in [1.807, 2.05) is 23.6 Å². The molecule has 2 heterocycles. The van der Waals surface area contributed by atoms with Crippen molar-refractivity contribution in [1.82, 2.24) is 9.47 Å². The fraction of sp³-hybridized carbons (Fsp3) is 0.350. The number of ether oxygens (including phenoxy) is 1. The van der Waals surface area contributed by atoms with Gasteiger partial charge in [-0.05, 0) is 44.5 Å². The first-order valence-corrected chi connectivity index (χ1v) is 8.78. The number of carbonyl (C=O) groups is 3. The number of fused-ring (bicyclic) bond motifs is 1. The van der Waals surface area contributed by atoms with Crippen LogP contribution in [0.1, 0.15) is 51.9 Å². The molecule has 6 heteroatoms. The Hall–Kier alpha value is -2.89. The number of amides is 2. The minimum Gasteiger partial charge on any atom is -0.466 e. The average Bonchev–Trinajstić information content (AvgIpc) is 3.09. The number of rotatable bonds is 7. The maximum absolute atomic E-state index is 12.5. The SMILES string of the molecule is CCOC(=O)CCCn1c(C)ccc1CN1C(=O)c2ccccc2C1=O. The van der Waals surface area contributed by atoms with E-state index in [2.05, 4.69) is 0 Å². The molecule has 26 heavy (non-hydrogen) atoms. The minimum atomic E-state index is -0.262. The number of hydrogen-bond donors (Lipinski definition) is 0. The predicted octanol–water partition coefficient (Wildman–Crippen LogP) is 2.94. The van der Waals surface area contributed by atoms with Gasteiger partial charge in [0.1, 0.15) is 0 Å². The minimum absolute atomic E-state index is 0.209. The molecule has 0 N–H and O–H groups in total. The third-order valence-corrected chi connectivity index (χ3v) is 4.56. The Morgan fingerprint density at radius 3 is 2.31 bits per heavy atom. The summed E-state index contributed by atoms with van der Waals surface area (Å²) >= 11 is 0. The molecule has 2 aromatic rings. The Labute approximate surface area is 152 Å². The van der Waals surface area contributed by atoms with E-state index < -0.39 is 0 Å². The Kier molecular flexibility index (Phi) is 5.21. The van der Waals surface area contributed by atoms with Crippen LogP contribution in [0.5, 0.6) is 0 Å². The maximum atomic E-state index is 12.5. The molecule has 1 aromatic carbocycles. The second-order valence-corrected chi connectivity index (χ2v) is 6.27. The van der Waals surface area contributed by atoms with E-state index in [0.29, 0.717) is 37.1 Å². The smallest absolute Gasteiger partial charge is 0.305 e. The monoisotopic (exact) mass is 354 g/mol. The number of nitrogens with zero attached hydrogens (tertiary/aromatic N) is 2. The summed E-state index contributed by atoms with van der Waals surface area (Å²) in [6.45, 7) is 4.99. The summed E-state index contributed by atoms with van der Waals surface area (Å²) in [6.07, 6.45) is 0.987. The average molecular weight is 354 g/mol. The van der Waals surface area contributed by atoms with Crippen molar-refractivity contribution in [1.29, 1.82) is 0 Å². The molecule has 1 aliphatic rings. The second-order valence-electron chi connectivity index (χ2n) is 6.27. The van der Waals surface area contributed by atoms with Gasteiger partial charge in [-0.3, -0.25) is 19.3 Å². The topological polar surface area (TPSA) is 68.6 Å². The van der Waals surface area contributed by atoms with Crippen molar-refractivity contribution < 1.29 is 19.1 Å². The van der Waals surface area contributed by atoms with Crippen molar-refractivity contribution in [3.8, 4) is 0 Å². The highest BCUT2D eigenvalue weighted by atomic mass is 16.5. The van der Waals surface area contributed by atoms with Gasteiger partial charge in [-0.1, -0.05) is 12.1 Å². The summed E-state index contributed by atoms with van der Waals surface area (Å²) < 4.78 is 6.99. The highest BCUT2D eigenvalue weighted by molar-refractivity contribution is 6.21. The lowest BCUT2D eigenvalue weighted by Gasteiger charge is -2.17. The maximum Gasteiger partial charge on any atom is 0.305 e. The molecule has 0 aliphatic carbocycles. The van der Waals surface area contributed by atoms with E-state index >= 15 is 0 Å². The third-order valence-electron chi connectivity index (χ3n) is 4.56. The quantitative estimate of drug-likeness (QED) is 0.566. The first-order valence-electron chi connectivity index (χ1n) is 8.78. The van der Waals surface area contributed by atoms with E-state index in [0.717, 1.165) is 11.4 Å². The largest absolute Gasteiger partial charge is 0.466 e. The molecule has 0 saturated carbocycles. The Bertz CT molecular complexity index is 818. The fourth-order valence-corrected chi connectivity index (χ4v) is 3.24. The van der Waals surface area contributed by atoms with Gasteiger partial charge in [-0.25, -0.2) is 0 Å². The number of hydrogen-bond acceptors (Lipinski definition) is 4. The van der Waals surface area contributed by atoms with Crippen LogP contribution in [0.4, 0.5) is 0 Å². The lowest BCUT2D eigenvalue weighted by atomic mass is 10.1. The molecular weight excluding hydrogens is 332 g/mol. The van der Waals surface area contributed by atoms with Gasteiger partial charge in [0.2, 0.25) is 0 Å². The molecule has 0 spiro atoms. The highest BCUT2D eigenvalue weighted by Crippen LogP contribution is 2.25. The lowest BCUT2D eigenvalue weighted by molar-refractivity contribution is -0.143. The van der Waals surface area contributed by atoms with Crippen LogP contribution in [0.3, 0.4) is 0 Å². The third kappa shape index (κ3) is 3.40. The molecule has 0 atom stereocenters. The Morgan fingerprint density at radius 2 is 1.69 bits per heavy atom. The second kappa shape index (κ2) is 7.56. The summed E-state index contributed by atoms with van der Waals surface area (Å²) in [6, 6.07) is 10.8. The van der Waals surface area contributed by atoms with Crippen LogP contribution >= 0.6 is 0 Å². The lowest BCUT2D eigenvalue weighted by Crippen LogP contribution is -2.30. The molecule has 136 valence electrons. The van der Waals surface area contributed by atoms with Crippen molar-refractivity contribution >= 4 is 17.8 Å². The zero-order chi connectivity index (χ0) is 18.7. The molecule has 0 bridgehead atoms. The van der Waals surface area contributed by atoms with Crippen LogP contribution in [0, 0.1) is 6.92 Å². The number of imide groups is 1. The van der Waals surface area contributed by atoms with E-state index in [-0.39, 0.29) is 24.3 Å². The zero-order valence-electron chi connectivity index (χ0n) is 15.0. The number of aryl methyl sites for hydroxylation is 1. The van der Waals surface area contributed by atoms with Gasteiger partial charge in [0.25, 0.3) is 11.8 Å². The fourth-order valence-electron chi connectivity index (χ4n) is 3.24. The van der Waals surface area contributed by atoms with Gasteiger partial charge in [0, 0.05) is 24.4 Å². The molecule has 1 aromatic heterocycles. The molecule has 0 saturated heterocycles. The van der Waals surface area contributed by atoms with Crippen LogP contribution in [0.25, 0.3) is 0 Å². The molecule has 0 fully saturated rings. The summed E-state index contributed by atoms with van der Waals surface area (Å²) in [5.41, 5.74) is 2.81. The van der Waals surface area contributed by atoms with Crippen molar-refractivity contribution in [3.05, 3.63) is 58.9 Å². The van der Waals surface area contributed by atoms with Crippen LogP contribution in [0.2, 0.25) is 0 Å². The normalized spacial score (nSPS) is 13.2. The number of aromatic nitrogens is 1. The summed E-state index contributed by atoms with van der Waals surface area (Å²) in [5.74, 6) is -0.732. The van der Waals surface area contributed by atoms with Crippen molar-refractivity contribution in [2.45, 2.75) is 39.8 Å². The number of carbonyl (C=O) groups excluding carboxylic acids is 3. The van der Waals surface area contributed by atoms with Gasteiger partial charge in [0.15, 0.2) is 0 Å². The van der Waals surface area contributed by atoms with Gasteiger partial charge in [-0.2, -0.15) is 0 Å². The Balaban J connectivity index is 1.71. The first-order chi connectivity index (χ1) is 12.5. The molecule has 6 nitrogen and oxygen atoms in total. The summed E-state index contributed by atoms with van der Waals surface area (Å²) in [4.78, 5) is 37.9. The summed E-state index contributed by atoms with van der Waals surface area (Å²) in [7, 11) is 0.